The molecule has 0 bridgehead atoms. The Kier molecular flexibility index (Phi) is 15.5. The molecule has 4 heterocycles. The monoisotopic (exact) mass is 1260 g/mol. The van der Waals surface area contributed by atoms with Gasteiger partial charge in [0.05, 0.1) is 34.3 Å². The fourth-order valence-electron chi connectivity index (χ4n) is 6.49. The van der Waals surface area contributed by atoms with Crippen molar-refractivity contribution >= 4 is 140 Å². The van der Waals surface area contributed by atoms with E-state index in [1.807, 2.05) is 9.80 Å². The Morgan fingerprint density at radius 2 is 0.984 bits per heavy atom. The second-order valence-corrected chi connectivity index (χ2v) is 23.3. The molecule has 0 radical (unpaired) electrons. The van der Waals surface area contributed by atoms with Gasteiger partial charge in [0, 0.05) is 79.3 Å². The summed E-state index contributed by atoms with van der Waals surface area (Å²) in [5.74, 6) is -4.86. The van der Waals surface area contributed by atoms with Gasteiger partial charge in [0.1, 0.15) is 33.1 Å². The highest BCUT2D eigenvalue weighted by atomic mass is 79.9. The Hall–Kier alpha value is -2.36. The SMILES string of the molecule is O=S(=O)(c1c(F)c(Br)cc(F)c1Br)N1CCN(c2nc(-c3cc(F)cc(Cl)c3)cs2)CC1.O=S(=O)(c1c(F)c(Br)cc(F)c1Br)N1CCN(c2nc(-c3ccc(F)c(Cl)c3)cs2)CC1. The van der Waals surface area contributed by atoms with Gasteiger partial charge < -0.3 is 9.80 Å². The number of halogens is 12. The summed E-state index contributed by atoms with van der Waals surface area (Å²) < 4.78 is 137. The molecule has 2 fully saturated rings. The van der Waals surface area contributed by atoms with Crippen LogP contribution in [0.15, 0.2) is 87.0 Å². The minimum absolute atomic E-state index is 0.00162. The van der Waals surface area contributed by atoms with Gasteiger partial charge in [-0.1, -0.05) is 23.2 Å². The lowest BCUT2D eigenvalue weighted by atomic mass is 10.2. The first-order valence-corrected chi connectivity index (χ1v) is 26.7. The van der Waals surface area contributed by atoms with Crippen LogP contribution < -0.4 is 9.80 Å². The summed E-state index contributed by atoms with van der Waals surface area (Å²) >= 11 is 25.9. The lowest BCUT2D eigenvalue weighted by Gasteiger charge is -2.34. The molecule has 340 valence electrons. The minimum atomic E-state index is -4.28. The molecule has 2 saturated heterocycles. The first-order valence-electron chi connectivity index (χ1n) is 18.2. The predicted octanol–water partition coefficient (Wildman–Crippen LogP) is 11.8. The fourth-order valence-corrected chi connectivity index (χ4v) is 14.7. The normalized spacial score (nSPS) is 15.4. The van der Waals surface area contributed by atoms with Crippen molar-refractivity contribution in [1.82, 2.24) is 18.6 Å². The van der Waals surface area contributed by atoms with Crippen LogP contribution in [0.2, 0.25) is 10.0 Å². The number of benzene rings is 4. The number of hydrogen-bond acceptors (Lipinski definition) is 10. The van der Waals surface area contributed by atoms with Crippen LogP contribution in [0.4, 0.5) is 36.6 Å². The highest BCUT2D eigenvalue weighted by Crippen LogP contribution is 2.38. The second kappa shape index (κ2) is 20.1. The van der Waals surface area contributed by atoms with E-state index in [1.54, 1.807) is 22.9 Å². The third-order valence-corrected chi connectivity index (χ3v) is 19.1. The number of rotatable bonds is 8. The van der Waals surface area contributed by atoms with Gasteiger partial charge in [-0.3, -0.25) is 0 Å². The van der Waals surface area contributed by atoms with Crippen LogP contribution in [0.25, 0.3) is 22.5 Å². The Morgan fingerprint density at radius 1 is 0.547 bits per heavy atom. The molecule has 0 saturated carbocycles. The molecule has 0 amide bonds. The second-order valence-electron chi connectivity index (χ2n) is 13.7. The van der Waals surface area contributed by atoms with E-state index in [9.17, 15) is 43.2 Å². The fraction of sp³-hybridized carbons (Fsp3) is 0.211. The van der Waals surface area contributed by atoms with Gasteiger partial charge in [-0.2, -0.15) is 8.61 Å². The number of sulfonamides is 2. The molecule has 8 rings (SSSR count). The zero-order valence-corrected chi connectivity index (χ0v) is 43.0. The summed E-state index contributed by atoms with van der Waals surface area (Å²) in [5, 5.41) is 5.13. The predicted molar refractivity (Wildman–Crippen MR) is 250 cm³/mol. The van der Waals surface area contributed by atoms with Gasteiger partial charge in [-0.15, -0.1) is 22.7 Å². The summed E-state index contributed by atoms with van der Waals surface area (Å²) in [4.78, 5) is 11.4. The Balaban J connectivity index is 0.000000191. The van der Waals surface area contributed by atoms with E-state index in [-0.39, 0.29) is 45.2 Å². The molecule has 2 aliphatic rings. The highest BCUT2D eigenvalue weighted by molar-refractivity contribution is 9.11. The number of nitrogens with zero attached hydrogens (tertiary/aromatic N) is 6. The van der Waals surface area contributed by atoms with Crippen molar-refractivity contribution in [1.29, 1.82) is 0 Å². The van der Waals surface area contributed by atoms with E-state index in [4.69, 9.17) is 23.2 Å². The Bertz CT molecular complexity index is 2920. The number of aromatic nitrogens is 2. The van der Waals surface area contributed by atoms with Gasteiger partial charge in [-0.25, -0.2) is 53.1 Å². The van der Waals surface area contributed by atoms with Crippen LogP contribution in [0.5, 0.6) is 0 Å². The summed E-state index contributed by atoms with van der Waals surface area (Å²) in [6, 6.07) is 10.2. The molecule has 2 aliphatic heterocycles. The van der Waals surface area contributed by atoms with Gasteiger partial charge in [0.15, 0.2) is 21.9 Å². The zero-order chi connectivity index (χ0) is 46.4. The smallest absolute Gasteiger partial charge is 0.247 e. The lowest BCUT2D eigenvalue weighted by molar-refractivity contribution is 0.380. The molecule has 0 aliphatic carbocycles. The van der Waals surface area contributed by atoms with Gasteiger partial charge in [0.25, 0.3) is 0 Å². The molecule has 0 unspecified atom stereocenters. The van der Waals surface area contributed by atoms with Crippen LogP contribution in [-0.2, 0) is 20.0 Å². The molecular formula is C38H26Br4Cl2F6N6O4S4. The first-order chi connectivity index (χ1) is 30.2. The van der Waals surface area contributed by atoms with Crippen molar-refractivity contribution in [3.05, 3.63) is 122 Å². The quantitative estimate of drug-likeness (QED) is 0.110. The molecule has 6 aromatic rings. The van der Waals surface area contributed by atoms with E-state index in [1.165, 1.54) is 46.9 Å². The van der Waals surface area contributed by atoms with Crippen LogP contribution in [0.1, 0.15) is 0 Å². The number of anilines is 2. The van der Waals surface area contributed by atoms with Crippen LogP contribution in [0.3, 0.4) is 0 Å². The largest absolute Gasteiger partial charge is 0.345 e. The summed E-state index contributed by atoms with van der Waals surface area (Å²) in [6.45, 7) is 1.47. The van der Waals surface area contributed by atoms with Crippen LogP contribution in [0, 0.1) is 34.9 Å². The van der Waals surface area contributed by atoms with Crippen LogP contribution in [-0.4, -0.2) is 87.8 Å². The Morgan fingerprint density at radius 3 is 1.41 bits per heavy atom. The average molecular weight is 1260 g/mol. The van der Waals surface area contributed by atoms with Gasteiger partial charge in [-0.05, 0) is 112 Å². The molecule has 0 spiro atoms. The van der Waals surface area contributed by atoms with Crippen molar-refractivity contribution < 1.29 is 43.2 Å². The third kappa shape index (κ3) is 10.4. The number of piperazine rings is 2. The Labute approximate surface area is 414 Å². The van der Waals surface area contributed by atoms with E-state index >= 15 is 0 Å². The van der Waals surface area contributed by atoms with Crippen LogP contribution >= 0.6 is 110 Å². The molecule has 26 heteroatoms. The third-order valence-electron chi connectivity index (χ3n) is 9.71. The van der Waals surface area contributed by atoms with E-state index < -0.39 is 73.7 Å². The summed E-state index contributed by atoms with van der Waals surface area (Å²) in [7, 11) is -8.55. The maximum absolute atomic E-state index is 14.6. The molecule has 2 aromatic heterocycles. The maximum atomic E-state index is 14.6. The van der Waals surface area contributed by atoms with Crippen molar-refractivity contribution in [3.63, 3.8) is 0 Å². The first kappa shape index (κ1) is 49.5. The van der Waals surface area contributed by atoms with Crippen molar-refractivity contribution in [2.75, 3.05) is 62.2 Å². The highest BCUT2D eigenvalue weighted by Gasteiger charge is 2.37. The molecule has 64 heavy (non-hydrogen) atoms. The molecular weight excluding hydrogens is 1240 g/mol. The number of thiazole rings is 2. The van der Waals surface area contributed by atoms with E-state index in [2.05, 4.69) is 73.7 Å². The van der Waals surface area contributed by atoms with Gasteiger partial charge >= 0.3 is 0 Å². The summed E-state index contributed by atoms with van der Waals surface area (Å²) in [5.41, 5.74) is 2.38. The van der Waals surface area contributed by atoms with E-state index in [0.29, 0.717) is 59.0 Å². The molecule has 4 aromatic carbocycles. The minimum Gasteiger partial charge on any atom is -0.345 e. The summed E-state index contributed by atoms with van der Waals surface area (Å²) in [6.07, 6.45) is 0. The standard InChI is InChI=1S/2C19H13Br2ClF3N3O2S2/c20-13-8-14(24)16(21)18(17(13)25)32(29,30)28-3-1-27(2-4-28)19-26-15(9-31-19)10-5-11(22)7-12(23)6-10;20-11-8-14(24)16(21)18(17(11)25)32(29,30)28-5-3-27(4-6-28)19-26-15(9-31-19)10-1-2-13(23)12(22)7-10/h5-9H,1-4H2;1-2,7-9H,3-6H2. The van der Waals surface area contributed by atoms with Crippen molar-refractivity contribution in [3.8, 4) is 22.5 Å². The average Bonchev–Trinajstić information content (AvgIpc) is 3.95. The van der Waals surface area contributed by atoms with Gasteiger partial charge in [0.2, 0.25) is 20.0 Å². The lowest BCUT2D eigenvalue weighted by Crippen LogP contribution is -2.48. The topological polar surface area (TPSA) is 107 Å². The molecule has 0 N–H and O–H groups in total. The molecule has 10 nitrogen and oxygen atoms in total. The number of hydrogen-bond donors (Lipinski definition) is 0. The van der Waals surface area contributed by atoms with Crippen molar-refractivity contribution in [2.45, 2.75) is 9.79 Å². The van der Waals surface area contributed by atoms with E-state index in [0.717, 1.165) is 20.7 Å². The maximum Gasteiger partial charge on any atom is 0.247 e. The molecule has 0 atom stereocenters. The van der Waals surface area contributed by atoms with Crippen molar-refractivity contribution in [2.24, 2.45) is 0 Å². The zero-order valence-electron chi connectivity index (χ0n) is 31.9.